The molecule has 19 heavy (non-hydrogen) atoms. The maximum absolute atomic E-state index is 8.76. The van der Waals surface area contributed by atoms with Crippen LogP contribution in [0.5, 0.6) is 0 Å². The molecule has 1 fully saturated rings. The molecule has 2 heterocycles. The van der Waals surface area contributed by atoms with Gasteiger partial charge in [-0.3, -0.25) is 9.88 Å². The zero-order valence-electron chi connectivity index (χ0n) is 11.2. The number of aliphatic hydroxyl groups excluding tert-OH is 1. The van der Waals surface area contributed by atoms with Crippen molar-refractivity contribution in [2.24, 2.45) is 5.73 Å². The molecule has 0 aromatic carbocycles. The topological polar surface area (TPSA) is 71.6 Å². The molecule has 1 aromatic heterocycles. The number of nitrogens with two attached hydrogens (primary N) is 1. The molecule has 3 N–H and O–H groups in total. The molecule has 1 aliphatic heterocycles. The van der Waals surface area contributed by atoms with Crippen molar-refractivity contribution in [1.82, 2.24) is 9.88 Å². The van der Waals surface area contributed by atoms with E-state index in [1.165, 1.54) is 0 Å². The summed E-state index contributed by atoms with van der Waals surface area (Å²) in [6.45, 7) is 3.05. The third-order valence-electron chi connectivity index (χ3n) is 3.61. The minimum atomic E-state index is 0.0968. The SMILES string of the molecule is NCC(c1ccccn1)N1CCC(OCCO)CC1. The Hall–Kier alpha value is -1.01. The number of aromatic nitrogens is 1. The van der Waals surface area contributed by atoms with Gasteiger partial charge >= 0.3 is 0 Å². The van der Waals surface area contributed by atoms with E-state index in [2.05, 4.69) is 9.88 Å². The lowest BCUT2D eigenvalue weighted by Gasteiger charge is -2.36. The second-order valence-electron chi connectivity index (χ2n) is 4.84. The number of likely N-dealkylation sites (tertiary alicyclic amines) is 1. The Bertz CT molecular complexity index is 353. The van der Waals surface area contributed by atoms with E-state index in [-0.39, 0.29) is 18.8 Å². The van der Waals surface area contributed by atoms with Crippen molar-refractivity contribution in [2.75, 3.05) is 32.8 Å². The number of hydrogen-bond acceptors (Lipinski definition) is 5. The van der Waals surface area contributed by atoms with Gasteiger partial charge in [0.2, 0.25) is 0 Å². The van der Waals surface area contributed by atoms with E-state index in [1.807, 2.05) is 24.4 Å². The van der Waals surface area contributed by atoms with Gasteiger partial charge < -0.3 is 15.6 Å². The quantitative estimate of drug-likeness (QED) is 0.786. The van der Waals surface area contributed by atoms with E-state index in [0.29, 0.717) is 13.2 Å². The number of pyridine rings is 1. The molecular formula is C14H23N3O2. The van der Waals surface area contributed by atoms with E-state index < -0.39 is 0 Å². The van der Waals surface area contributed by atoms with Crippen molar-refractivity contribution in [3.05, 3.63) is 30.1 Å². The second kappa shape index (κ2) is 7.55. The van der Waals surface area contributed by atoms with Crippen molar-refractivity contribution in [3.63, 3.8) is 0 Å². The lowest BCUT2D eigenvalue weighted by Crippen LogP contribution is -2.42. The molecule has 1 aromatic rings. The van der Waals surface area contributed by atoms with Crippen molar-refractivity contribution < 1.29 is 9.84 Å². The average Bonchev–Trinajstić information content (AvgIpc) is 2.48. The molecule has 1 saturated heterocycles. The van der Waals surface area contributed by atoms with Gasteiger partial charge in [0.05, 0.1) is 31.1 Å². The Balaban J connectivity index is 1.89. The van der Waals surface area contributed by atoms with Gasteiger partial charge in [-0.15, -0.1) is 0 Å². The second-order valence-corrected chi connectivity index (χ2v) is 4.84. The van der Waals surface area contributed by atoms with E-state index >= 15 is 0 Å². The summed E-state index contributed by atoms with van der Waals surface area (Å²) < 4.78 is 5.58. The summed E-state index contributed by atoms with van der Waals surface area (Å²) in [7, 11) is 0. The van der Waals surface area contributed by atoms with E-state index in [4.69, 9.17) is 15.6 Å². The first-order valence-electron chi connectivity index (χ1n) is 6.92. The van der Waals surface area contributed by atoms with Crippen LogP contribution in [0.25, 0.3) is 0 Å². The number of piperidine rings is 1. The van der Waals surface area contributed by atoms with Crippen LogP contribution in [0.3, 0.4) is 0 Å². The van der Waals surface area contributed by atoms with Crippen LogP contribution in [0.15, 0.2) is 24.4 Å². The number of nitrogens with zero attached hydrogens (tertiary/aromatic N) is 2. The molecule has 5 heteroatoms. The molecule has 1 atom stereocenters. The molecule has 0 aliphatic carbocycles. The summed E-state index contributed by atoms with van der Waals surface area (Å²) in [6, 6.07) is 6.15. The molecule has 1 unspecified atom stereocenters. The molecule has 1 aliphatic rings. The first-order chi connectivity index (χ1) is 9.35. The van der Waals surface area contributed by atoms with Crippen molar-refractivity contribution in [3.8, 4) is 0 Å². The van der Waals surface area contributed by atoms with Crippen LogP contribution in [0.2, 0.25) is 0 Å². The third kappa shape index (κ3) is 3.98. The Kier molecular flexibility index (Phi) is 5.72. The normalized spacial score (nSPS) is 19.5. The van der Waals surface area contributed by atoms with Crippen LogP contribution in [-0.2, 0) is 4.74 Å². The highest BCUT2D eigenvalue weighted by molar-refractivity contribution is 5.09. The van der Waals surface area contributed by atoms with Crippen molar-refractivity contribution >= 4 is 0 Å². The number of hydrogen-bond donors (Lipinski definition) is 2. The molecule has 0 radical (unpaired) electrons. The van der Waals surface area contributed by atoms with Gasteiger partial charge in [0.25, 0.3) is 0 Å². The van der Waals surface area contributed by atoms with E-state index in [0.717, 1.165) is 31.6 Å². The van der Waals surface area contributed by atoms with Gasteiger partial charge in [0.15, 0.2) is 0 Å². The summed E-state index contributed by atoms with van der Waals surface area (Å²) in [5.74, 6) is 0. The minimum Gasteiger partial charge on any atom is -0.394 e. The molecule has 0 amide bonds. The first kappa shape index (κ1) is 14.4. The Labute approximate surface area is 114 Å². The number of rotatable bonds is 6. The predicted molar refractivity (Wildman–Crippen MR) is 73.7 cm³/mol. The summed E-state index contributed by atoms with van der Waals surface area (Å²) in [5, 5.41) is 8.76. The summed E-state index contributed by atoms with van der Waals surface area (Å²) in [4.78, 5) is 6.78. The fraction of sp³-hybridized carbons (Fsp3) is 0.643. The van der Waals surface area contributed by atoms with Gasteiger partial charge in [-0.2, -0.15) is 0 Å². The highest BCUT2D eigenvalue weighted by Crippen LogP contribution is 2.23. The molecule has 2 rings (SSSR count). The summed E-state index contributed by atoms with van der Waals surface area (Å²) >= 11 is 0. The van der Waals surface area contributed by atoms with Gasteiger partial charge in [-0.05, 0) is 25.0 Å². The number of aliphatic hydroxyl groups is 1. The molecule has 5 nitrogen and oxygen atoms in total. The van der Waals surface area contributed by atoms with Crippen LogP contribution in [0.4, 0.5) is 0 Å². The van der Waals surface area contributed by atoms with E-state index in [1.54, 1.807) is 0 Å². The van der Waals surface area contributed by atoms with Crippen LogP contribution in [-0.4, -0.2) is 53.9 Å². The largest absolute Gasteiger partial charge is 0.394 e. The first-order valence-corrected chi connectivity index (χ1v) is 6.92. The molecule has 0 saturated carbocycles. The van der Waals surface area contributed by atoms with Crippen LogP contribution in [0.1, 0.15) is 24.6 Å². The Morgan fingerprint density at radius 2 is 2.21 bits per heavy atom. The Morgan fingerprint density at radius 1 is 1.42 bits per heavy atom. The van der Waals surface area contributed by atoms with Crippen LogP contribution in [0, 0.1) is 0 Å². The third-order valence-corrected chi connectivity index (χ3v) is 3.61. The monoisotopic (exact) mass is 265 g/mol. The fourth-order valence-electron chi connectivity index (χ4n) is 2.60. The smallest absolute Gasteiger partial charge is 0.0701 e. The summed E-state index contributed by atoms with van der Waals surface area (Å²) in [6.07, 6.45) is 4.06. The van der Waals surface area contributed by atoms with Gasteiger partial charge in [-0.25, -0.2) is 0 Å². The number of ether oxygens (including phenoxy) is 1. The van der Waals surface area contributed by atoms with E-state index in [9.17, 15) is 0 Å². The maximum Gasteiger partial charge on any atom is 0.0701 e. The predicted octanol–water partition coefficient (Wildman–Crippen LogP) is 0.555. The zero-order valence-corrected chi connectivity index (χ0v) is 11.2. The molecule has 0 spiro atoms. The Morgan fingerprint density at radius 3 is 2.79 bits per heavy atom. The van der Waals surface area contributed by atoms with Gasteiger partial charge in [-0.1, -0.05) is 6.07 Å². The highest BCUT2D eigenvalue weighted by Gasteiger charge is 2.26. The zero-order chi connectivity index (χ0) is 13.5. The van der Waals surface area contributed by atoms with Gasteiger partial charge in [0.1, 0.15) is 0 Å². The summed E-state index contributed by atoms with van der Waals surface area (Å²) in [5.41, 5.74) is 6.95. The van der Waals surface area contributed by atoms with Crippen molar-refractivity contribution in [1.29, 1.82) is 0 Å². The molecular weight excluding hydrogens is 242 g/mol. The maximum atomic E-state index is 8.76. The average molecular weight is 265 g/mol. The minimum absolute atomic E-state index is 0.0968. The van der Waals surface area contributed by atoms with Gasteiger partial charge in [0, 0.05) is 25.8 Å². The van der Waals surface area contributed by atoms with Crippen molar-refractivity contribution in [2.45, 2.75) is 25.0 Å². The van der Waals surface area contributed by atoms with Crippen LogP contribution >= 0.6 is 0 Å². The molecule has 106 valence electrons. The molecule has 0 bridgehead atoms. The lowest BCUT2D eigenvalue weighted by atomic mass is 10.0. The highest BCUT2D eigenvalue weighted by atomic mass is 16.5. The standard InChI is InChI=1S/C14H23N3O2/c15-11-14(13-3-1-2-6-16-13)17-7-4-12(5-8-17)19-10-9-18/h1-3,6,12,14,18H,4-5,7-11,15H2. The van der Waals surface area contributed by atoms with Crippen LogP contribution < -0.4 is 5.73 Å². The fourth-order valence-corrected chi connectivity index (χ4v) is 2.60. The lowest BCUT2D eigenvalue weighted by molar-refractivity contribution is -0.0151.